The van der Waals surface area contributed by atoms with Gasteiger partial charge in [-0.2, -0.15) is 4.98 Å². The SMILES string of the molecule is CC.CC(C)(C)n1cnc(=O)c2nc3[nH]ccc3cc21. The van der Waals surface area contributed by atoms with E-state index in [9.17, 15) is 4.79 Å². The number of nitrogens with zero attached hydrogens (tertiary/aromatic N) is 3. The third kappa shape index (κ3) is 2.31. The minimum atomic E-state index is -0.290. The highest BCUT2D eigenvalue weighted by molar-refractivity contribution is 5.88. The van der Waals surface area contributed by atoms with Crippen molar-refractivity contribution in [1.82, 2.24) is 19.5 Å². The molecule has 106 valence electrons. The highest BCUT2D eigenvalue weighted by atomic mass is 16.1. The van der Waals surface area contributed by atoms with Crippen molar-refractivity contribution in [1.29, 1.82) is 0 Å². The second-order valence-electron chi connectivity index (χ2n) is 5.36. The predicted molar refractivity (Wildman–Crippen MR) is 82.0 cm³/mol. The number of hydrogen-bond donors (Lipinski definition) is 1. The molecular weight excluding hydrogens is 252 g/mol. The first kappa shape index (κ1) is 14.2. The van der Waals surface area contributed by atoms with E-state index in [4.69, 9.17) is 0 Å². The van der Waals surface area contributed by atoms with Crippen LogP contribution in [0.2, 0.25) is 0 Å². The number of rotatable bonds is 0. The third-order valence-electron chi connectivity index (χ3n) is 2.99. The molecule has 3 rings (SSSR count). The van der Waals surface area contributed by atoms with Crippen molar-refractivity contribution in [2.24, 2.45) is 0 Å². The molecule has 0 spiro atoms. The Morgan fingerprint density at radius 2 is 1.95 bits per heavy atom. The fourth-order valence-electron chi connectivity index (χ4n) is 2.08. The Morgan fingerprint density at radius 1 is 1.25 bits per heavy atom. The molecule has 0 saturated heterocycles. The molecule has 0 unspecified atom stereocenters. The minimum Gasteiger partial charge on any atom is -0.346 e. The Kier molecular flexibility index (Phi) is 3.61. The lowest BCUT2D eigenvalue weighted by atomic mass is 10.1. The largest absolute Gasteiger partial charge is 0.346 e. The summed E-state index contributed by atoms with van der Waals surface area (Å²) in [5.74, 6) is 0. The van der Waals surface area contributed by atoms with Gasteiger partial charge in [-0.3, -0.25) is 4.79 Å². The summed E-state index contributed by atoms with van der Waals surface area (Å²) in [6, 6.07) is 3.92. The first-order valence-corrected chi connectivity index (χ1v) is 6.83. The molecule has 0 atom stereocenters. The van der Waals surface area contributed by atoms with Gasteiger partial charge >= 0.3 is 0 Å². The summed E-state index contributed by atoms with van der Waals surface area (Å²) in [6.07, 6.45) is 3.40. The zero-order chi connectivity index (χ0) is 14.9. The van der Waals surface area contributed by atoms with Crippen molar-refractivity contribution < 1.29 is 0 Å². The second-order valence-corrected chi connectivity index (χ2v) is 5.36. The second kappa shape index (κ2) is 5.07. The number of nitrogens with one attached hydrogen (secondary N) is 1. The number of pyridine rings is 1. The Labute approximate surface area is 117 Å². The molecule has 0 bridgehead atoms. The number of hydrogen-bond acceptors (Lipinski definition) is 3. The van der Waals surface area contributed by atoms with Gasteiger partial charge in [0, 0.05) is 17.1 Å². The molecule has 0 radical (unpaired) electrons. The van der Waals surface area contributed by atoms with Crippen LogP contribution in [0.15, 0.2) is 29.5 Å². The van der Waals surface area contributed by atoms with Gasteiger partial charge in [-0.05, 0) is 32.9 Å². The molecule has 5 nitrogen and oxygen atoms in total. The highest BCUT2D eigenvalue weighted by Crippen LogP contribution is 2.21. The van der Waals surface area contributed by atoms with Crippen LogP contribution in [0.5, 0.6) is 0 Å². The lowest BCUT2D eigenvalue weighted by Gasteiger charge is -2.24. The van der Waals surface area contributed by atoms with Crippen molar-refractivity contribution in [3.8, 4) is 0 Å². The lowest BCUT2D eigenvalue weighted by molar-refractivity contribution is 0.403. The predicted octanol–water partition coefficient (Wildman–Crippen LogP) is 3.05. The van der Waals surface area contributed by atoms with Crippen LogP contribution in [-0.2, 0) is 5.54 Å². The summed E-state index contributed by atoms with van der Waals surface area (Å²) in [5.41, 5.74) is 1.50. The molecular formula is C15H20N4O. The normalized spacial score (nSPS) is 11.4. The van der Waals surface area contributed by atoms with Gasteiger partial charge < -0.3 is 9.55 Å². The molecule has 3 heterocycles. The van der Waals surface area contributed by atoms with E-state index in [1.807, 2.05) is 36.7 Å². The van der Waals surface area contributed by atoms with Crippen LogP contribution in [0.25, 0.3) is 22.1 Å². The van der Waals surface area contributed by atoms with E-state index in [-0.39, 0.29) is 11.1 Å². The molecule has 0 fully saturated rings. The summed E-state index contributed by atoms with van der Waals surface area (Å²) in [5, 5.41) is 0.992. The van der Waals surface area contributed by atoms with Crippen molar-refractivity contribution >= 4 is 22.1 Å². The number of fused-ring (bicyclic) bond motifs is 2. The standard InChI is InChI=1S/C13H14N4O.C2H6/c1-13(2,3)17-7-15-12(18)10-9(17)6-8-4-5-14-11(8)16-10;1-2/h4-7H,1-3H3,(H,14,16);1-2H3. The summed E-state index contributed by atoms with van der Waals surface area (Å²) < 4.78 is 1.98. The summed E-state index contributed by atoms with van der Waals surface area (Å²) in [6.45, 7) is 10.2. The van der Waals surface area contributed by atoms with Gasteiger partial charge in [0.25, 0.3) is 5.56 Å². The van der Waals surface area contributed by atoms with E-state index >= 15 is 0 Å². The topological polar surface area (TPSA) is 63.6 Å². The zero-order valence-corrected chi connectivity index (χ0v) is 12.6. The highest BCUT2D eigenvalue weighted by Gasteiger charge is 2.17. The Morgan fingerprint density at radius 3 is 2.60 bits per heavy atom. The molecule has 3 aromatic rings. The van der Waals surface area contributed by atoms with Crippen molar-refractivity contribution in [2.75, 3.05) is 0 Å². The van der Waals surface area contributed by atoms with Gasteiger partial charge in [0.2, 0.25) is 0 Å². The maximum Gasteiger partial charge on any atom is 0.299 e. The third-order valence-corrected chi connectivity index (χ3v) is 2.99. The van der Waals surface area contributed by atoms with Gasteiger partial charge in [-0.1, -0.05) is 13.8 Å². The molecule has 20 heavy (non-hydrogen) atoms. The molecule has 3 aromatic heterocycles. The van der Waals surface area contributed by atoms with E-state index in [1.54, 1.807) is 6.33 Å². The van der Waals surface area contributed by atoms with Crippen LogP contribution < -0.4 is 5.56 Å². The van der Waals surface area contributed by atoms with Crippen LogP contribution in [0.1, 0.15) is 34.6 Å². The fraction of sp³-hybridized carbons (Fsp3) is 0.400. The lowest BCUT2D eigenvalue weighted by Crippen LogP contribution is -2.26. The Balaban J connectivity index is 0.000000704. The Bertz CT molecular complexity index is 793. The maximum absolute atomic E-state index is 11.8. The average molecular weight is 272 g/mol. The van der Waals surface area contributed by atoms with E-state index in [2.05, 4.69) is 35.7 Å². The molecule has 1 N–H and O–H groups in total. The zero-order valence-electron chi connectivity index (χ0n) is 12.6. The van der Waals surface area contributed by atoms with Crippen LogP contribution >= 0.6 is 0 Å². The summed E-state index contributed by atoms with van der Waals surface area (Å²) >= 11 is 0. The van der Waals surface area contributed by atoms with Crippen LogP contribution in [0, 0.1) is 0 Å². The van der Waals surface area contributed by atoms with E-state index in [0.29, 0.717) is 11.2 Å². The Hall–Kier alpha value is -2.17. The number of aromatic amines is 1. The van der Waals surface area contributed by atoms with Gasteiger partial charge in [0.05, 0.1) is 11.8 Å². The molecule has 0 amide bonds. The quantitative estimate of drug-likeness (QED) is 0.684. The fourth-order valence-corrected chi connectivity index (χ4v) is 2.08. The van der Waals surface area contributed by atoms with Crippen LogP contribution in [0.3, 0.4) is 0 Å². The van der Waals surface area contributed by atoms with Crippen LogP contribution in [0.4, 0.5) is 0 Å². The van der Waals surface area contributed by atoms with Crippen molar-refractivity contribution in [2.45, 2.75) is 40.2 Å². The van der Waals surface area contributed by atoms with Gasteiger partial charge in [0.15, 0.2) is 5.52 Å². The molecule has 5 heteroatoms. The van der Waals surface area contributed by atoms with Gasteiger partial charge in [-0.25, -0.2) is 4.98 Å². The van der Waals surface area contributed by atoms with E-state index in [0.717, 1.165) is 10.9 Å². The summed E-state index contributed by atoms with van der Waals surface area (Å²) in [7, 11) is 0. The minimum absolute atomic E-state index is 0.148. The van der Waals surface area contributed by atoms with E-state index < -0.39 is 0 Å². The molecule has 0 aliphatic heterocycles. The number of aromatic nitrogens is 4. The van der Waals surface area contributed by atoms with Gasteiger partial charge in [0.1, 0.15) is 5.65 Å². The average Bonchev–Trinajstić information content (AvgIpc) is 2.85. The monoisotopic (exact) mass is 272 g/mol. The first-order chi connectivity index (χ1) is 9.47. The van der Waals surface area contributed by atoms with Gasteiger partial charge in [-0.15, -0.1) is 0 Å². The molecule has 0 aromatic carbocycles. The smallest absolute Gasteiger partial charge is 0.299 e. The van der Waals surface area contributed by atoms with Crippen LogP contribution in [-0.4, -0.2) is 19.5 Å². The molecule has 0 aliphatic carbocycles. The van der Waals surface area contributed by atoms with Crippen molar-refractivity contribution in [3.63, 3.8) is 0 Å². The first-order valence-electron chi connectivity index (χ1n) is 6.83. The maximum atomic E-state index is 11.8. The summed E-state index contributed by atoms with van der Waals surface area (Å²) in [4.78, 5) is 23.1. The number of H-pyrrole nitrogens is 1. The van der Waals surface area contributed by atoms with Crippen molar-refractivity contribution in [3.05, 3.63) is 35.0 Å². The van der Waals surface area contributed by atoms with E-state index in [1.165, 1.54) is 0 Å². The molecule has 0 saturated carbocycles. The molecule has 0 aliphatic rings.